The lowest BCUT2D eigenvalue weighted by Gasteiger charge is -2.08. The SMILES string of the molecule is O=C(OCCC(=O)n1c2ccccc2c2ccccc21)c1cccc2nccnc12. The normalized spacial score (nSPS) is 11.2. The Hall–Kier alpha value is -4.06. The number of carbonyl (C=O) groups excluding carboxylic acids is 2. The molecule has 0 unspecified atom stereocenters. The van der Waals surface area contributed by atoms with E-state index >= 15 is 0 Å². The lowest BCUT2D eigenvalue weighted by Crippen LogP contribution is -2.15. The van der Waals surface area contributed by atoms with Crippen molar-refractivity contribution in [2.75, 3.05) is 6.61 Å². The van der Waals surface area contributed by atoms with Crippen molar-refractivity contribution in [1.82, 2.24) is 14.5 Å². The van der Waals surface area contributed by atoms with Gasteiger partial charge in [-0.3, -0.25) is 19.3 Å². The van der Waals surface area contributed by atoms with Crippen LogP contribution in [-0.4, -0.2) is 33.0 Å². The molecule has 5 aromatic rings. The third-order valence-corrected chi connectivity index (χ3v) is 5.10. The van der Waals surface area contributed by atoms with Crippen molar-refractivity contribution in [3.8, 4) is 0 Å². The molecule has 0 saturated heterocycles. The van der Waals surface area contributed by atoms with Crippen LogP contribution < -0.4 is 0 Å². The highest BCUT2D eigenvalue weighted by Gasteiger charge is 2.17. The first-order chi connectivity index (χ1) is 14.7. The smallest absolute Gasteiger partial charge is 0.340 e. The summed E-state index contributed by atoms with van der Waals surface area (Å²) < 4.78 is 7.08. The van der Waals surface area contributed by atoms with Crippen LogP contribution in [0.25, 0.3) is 32.8 Å². The van der Waals surface area contributed by atoms with Gasteiger partial charge < -0.3 is 4.74 Å². The zero-order valence-corrected chi connectivity index (χ0v) is 16.0. The molecule has 3 aromatic carbocycles. The Morgan fingerprint density at radius 1 is 0.800 bits per heavy atom. The first kappa shape index (κ1) is 18.0. The van der Waals surface area contributed by atoms with Gasteiger partial charge in [0.1, 0.15) is 12.1 Å². The van der Waals surface area contributed by atoms with E-state index in [1.807, 2.05) is 48.5 Å². The second kappa shape index (κ2) is 7.40. The lowest BCUT2D eigenvalue weighted by molar-refractivity contribution is 0.0492. The van der Waals surface area contributed by atoms with Gasteiger partial charge in [0, 0.05) is 23.2 Å². The van der Waals surface area contributed by atoms with E-state index < -0.39 is 5.97 Å². The van der Waals surface area contributed by atoms with Crippen molar-refractivity contribution < 1.29 is 14.3 Å². The standard InChI is InChI=1S/C24H17N3O3/c28-22(27-20-10-3-1-6-16(20)17-7-2-4-11-21(17)27)12-15-30-24(29)18-8-5-9-19-23(18)26-14-13-25-19/h1-11,13-14H,12,15H2. The van der Waals surface area contributed by atoms with Crippen molar-refractivity contribution in [1.29, 1.82) is 0 Å². The molecule has 2 aromatic heterocycles. The summed E-state index contributed by atoms with van der Waals surface area (Å²) in [5.74, 6) is -0.644. The molecule has 0 spiro atoms. The monoisotopic (exact) mass is 395 g/mol. The van der Waals surface area contributed by atoms with E-state index in [2.05, 4.69) is 9.97 Å². The number of ether oxygens (including phenoxy) is 1. The predicted octanol–water partition coefficient (Wildman–Crippen LogP) is 4.63. The molecule has 0 aliphatic rings. The Bertz CT molecular complexity index is 1360. The van der Waals surface area contributed by atoms with Crippen LogP contribution in [0.4, 0.5) is 0 Å². The number of para-hydroxylation sites is 3. The Morgan fingerprint density at radius 2 is 1.47 bits per heavy atom. The predicted molar refractivity (Wildman–Crippen MR) is 115 cm³/mol. The summed E-state index contributed by atoms with van der Waals surface area (Å²) in [7, 11) is 0. The molecule has 0 saturated carbocycles. The number of rotatable bonds is 4. The first-order valence-corrected chi connectivity index (χ1v) is 9.62. The minimum Gasteiger partial charge on any atom is -0.461 e. The minimum atomic E-state index is -0.517. The number of benzene rings is 3. The minimum absolute atomic E-state index is 0.0187. The van der Waals surface area contributed by atoms with Crippen LogP contribution in [0.3, 0.4) is 0 Å². The molecule has 0 atom stereocenters. The summed E-state index contributed by atoms with van der Waals surface area (Å²) in [5.41, 5.74) is 3.13. The van der Waals surface area contributed by atoms with E-state index in [9.17, 15) is 9.59 Å². The van der Waals surface area contributed by atoms with Gasteiger partial charge in [0.2, 0.25) is 5.91 Å². The summed E-state index contributed by atoms with van der Waals surface area (Å²) in [6, 6.07) is 20.7. The molecular weight excluding hydrogens is 378 g/mol. The van der Waals surface area contributed by atoms with E-state index in [0.717, 1.165) is 21.8 Å². The van der Waals surface area contributed by atoms with Gasteiger partial charge in [0.05, 0.1) is 28.5 Å². The molecule has 5 rings (SSSR count). The fourth-order valence-corrected chi connectivity index (χ4v) is 3.77. The van der Waals surface area contributed by atoms with Gasteiger partial charge in [-0.15, -0.1) is 0 Å². The molecule has 146 valence electrons. The van der Waals surface area contributed by atoms with Crippen molar-refractivity contribution in [2.45, 2.75) is 6.42 Å². The van der Waals surface area contributed by atoms with Gasteiger partial charge >= 0.3 is 5.97 Å². The third-order valence-electron chi connectivity index (χ3n) is 5.10. The topological polar surface area (TPSA) is 74.1 Å². The van der Waals surface area contributed by atoms with Gasteiger partial charge in [-0.2, -0.15) is 0 Å². The number of hydrogen-bond acceptors (Lipinski definition) is 5. The molecule has 0 amide bonds. The number of carbonyl (C=O) groups is 2. The fourth-order valence-electron chi connectivity index (χ4n) is 3.77. The Morgan fingerprint density at radius 3 is 2.20 bits per heavy atom. The highest BCUT2D eigenvalue weighted by molar-refractivity contribution is 6.13. The van der Waals surface area contributed by atoms with E-state index in [0.29, 0.717) is 16.6 Å². The molecule has 30 heavy (non-hydrogen) atoms. The van der Waals surface area contributed by atoms with Gasteiger partial charge in [-0.1, -0.05) is 42.5 Å². The largest absolute Gasteiger partial charge is 0.461 e. The van der Waals surface area contributed by atoms with E-state index in [-0.39, 0.29) is 18.9 Å². The van der Waals surface area contributed by atoms with Crippen LogP contribution >= 0.6 is 0 Å². The maximum atomic E-state index is 13.0. The van der Waals surface area contributed by atoms with Crippen LogP contribution in [0.15, 0.2) is 79.1 Å². The Kier molecular flexibility index (Phi) is 4.44. The summed E-state index contributed by atoms with van der Waals surface area (Å²) in [6.07, 6.45) is 3.18. The lowest BCUT2D eigenvalue weighted by atomic mass is 10.2. The zero-order chi connectivity index (χ0) is 20.5. The highest BCUT2D eigenvalue weighted by Crippen LogP contribution is 2.28. The first-order valence-electron chi connectivity index (χ1n) is 9.62. The average molecular weight is 395 g/mol. The zero-order valence-electron chi connectivity index (χ0n) is 16.0. The second-order valence-electron chi connectivity index (χ2n) is 6.88. The molecule has 0 radical (unpaired) electrons. The van der Waals surface area contributed by atoms with Crippen LogP contribution in [-0.2, 0) is 4.74 Å². The number of nitrogens with zero attached hydrogens (tertiary/aromatic N) is 3. The summed E-state index contributed by atoms with van der Waals surface area (Å²) in [4.78, 5) is 34.0. The quantitative estimate of drug-likeness (QED) is 0.415. The molecule has 0 aliphatic carbocycles. The molecule has 0 fully saturated rings. The summed E-state index contributed by atoms with van der Waals surface area (Å²) in [6.45, 7) is -0.0187. The molecule has 0 aliphatic heterocycles. The number of hydrogen-bond donors (Lipinski definition) is 0. The van der Waals surface area contributed by atoms with Crippen molar-refractivity contribution in [2.24, 2.45) is 0 Å². The summed E-state index contributed by atoms with van der Waals surface area (Å²) in [5, 5.41) is 2.04. The van der Waals surface area contributed by atoms with Crippen LogP contribution in [0, 0.1) is 0 Å². The van der Waals surface area contributed by atoms with E-state index in [1.54, 1.807) is 29.0 Å². The van der Waals surface area contributed by atoms with E-state index in [1.165, 1.54) is 6.20 Å². The maximum Gasteiger partial charge on any atom is 0.340 e. The van der Waals surface area contributed by atoms with Crippen LogP contribution in [0.2, 0.25) is 0 Å². The Labute approximate surface area is 171 Å². The summed E-state index contributed by atoms with van der Waals surface area (Å²) >= 11 is 0. The molecule has 0 N–H and O–H groups in total. The molecule has 0 bridgehead atoms. The van der Waals surface area contributed by atoms with Gasteiger partial charge in [-0.25, -0.2) is 4.79 Å². The van der Waals surface area contributed by atoms with Crippen LogP contribution in [0.1, 0.15) is 21.6 Å². The van der Waals surface area contributed by atoms with E-state index in [4.69, 9.17) is 4.74 Å². The van der Waals surface area contributed by atoms with Crippen molar-refractivity contribution in [3.05, 3.63) is 84.7 Å². The number of aromatic nitrogens is 3. The molecule has 6 nitrogen and oxygen atoms in total. The highest BCUT2D eigenvalue weighted by atomic mass is 16.5. The number of fused-ring (bicyclic) bond motifs is 4. The maximum absolute atomic E-state index is 13.0. The Balaban J connectivity index is 1.37. The van der Waals surface area contributed by atoms with Gasteiger partial charge in [0.25, 0.3) is 0 Å². The third kappa shape index (κ3) is 2.99. The molecule has 6 heteroatoms. The fraction of sp³-hybridized carbons (Fsp3) is 0.0833. The van der Waals surface area contributed by atoms with Gasteiger partial charge in [-0.05, 0) is 24.3 Å². The van der Waals surface area contributed by atoms with Crippen LogP contribution in [0.5, 0.6) is 0 Å². The van der Waals surface area contributed by atoms with Crippen molar-refractivity contribution in [3.63, 3.8) is 0 Å². The van der Waals surface area contributed by atoms with Crippen molar-refractivity contribution >= 4 is 44.7 Å². The molecule has 2 heterocycles. The van der Waals surface area contributed by atoms with Gasteiger partial charge in [0.15, 0.2) is 0 Å². The second-order valence-corrected chi connectivity index (χ2v) is 6.88. The average Bonchev–Trinajstić information content (AvgIpc) is 3.13. The molecular formula is C24H17N3O3. The number of esters is 1.